The molecule has 0 radical (unpaired) electrons. The lowest BCUT2D eigenvalue weighted by molar-refractivity contribution is 1.12. The van der Waals surface area contributed by atoms with Crippen molar-refractivity contribution in [2.45, 2.75) is 0 Å². The Balaban J connectivity index is 3.33. The summed E-state index contributed by atoms with van der Waals surface area (Å²) in [5, 5.41) is 7.80. The lowest BCUT2D eigenvalue weighted by atomic mass is 11.7. The zero-order valence-electron chi connectivity index (χ0n) is 2.63. The Hall–Kier alpha value is -0.310. The molecule has 0 spiro atoms. The van der Waals surface area contributed by atoms with Crippen LogP contribution in [0.5, 0.6) is 0 Å². The molecule has 3 nitrogen and oxygen atoms in total. The van der Waals surface area contributed by atoms with Crippen molar-refractivity contribution in [2.75, 3.05) is 0 Å². The van der Waals surface area contributed by atoms with Gasteiger partial charge in [0.1, 0.15) is 0 Å². The van der Waals surface area contributed by atoms with E-state index >= 15 is 0 Å². The van der Waals surface area contributed by atoms with E-state index in [2.05, 4.69) is 39.0 Å². The average molecular weight is 122 g/mol. The third-order valence-electron chi connectivity index (χ3n) is 0.119. The van der Waals surface area contributed by atoms with Gasteiger partial charge >= 0.3 is 0 Å². The molecule has 0 bridgehead atoms. The summed E-state index contributed by atoms with van der Waals surface area (Å²) in [6.45, 7) is 0. The van der Waals surface area contributed by atoms with Crippen LogP contribution in [0, 0.1) is 0 Å². The summed E-state index contributed by atoms with van der Waals surface area (Å²) in [6.07, 6.45) is 0. The molecule has 0 unspecified atom stereocenters. The minimum atomic E-state index is 1.93. The molecule has 0 fully saturated rings. The topological polar surface area (TPSA) is 37.1 Å². The Labute approximate surface area is 44.8 Å². The third kappa shape index (κ3) is 3.69. The van der Waals surface area contributed by atoms with Crippen LogP contribution in [0.25, 0.3) is 0 Å². The molecule has 0 aromatic carbocycles. The molecule has 0 heterocycles. The second kappa shape index (κ2) is 4.69. The van der Waals surface area contributed by atoms with Crippen molar-refractivity contribution in [1.82, 2.24) is 0 Å². The van der Waals surface area contributed by atoms with Gasteiger partial charge in [-0.05, 0) is 17.4 Å². The number of halogens is 1. The van der Waals surface area contributed by atoms with Crippen molar-refractivity contribution < 1.29 is 0 Å². The van der Waals surface area contributed by atoms with Gasteiger partial charge in [0.25, 0.3) is 0 Å². The van der Waals surface area contributed by atoms with E-state index in [0.717, 1.165) is 0 Å². The molecule has 0 rings (SSSR count). The Kier molecular flexibility index (Phi) is 4.45. The van der Waals surface area contributed by atoms with Gasteiger partial charge in [-0.2, -0.15) is 0 Å². The summed E-state index contributed by atoms with van der Waals surface area (Å²) >= 11 is 8.75. The predicted octanol–water partition coefficient (Wildman–Crippen LogP) is 1.61. The molecule has 0 amide bonds. The van der Waals surface area contributed by atoms with E-state index in [9.17, 15) is 0 Å². The van der Waals surface area contributed by atoms with Gasteiger partial charge in [0.05, 0.1) is 16.9 Å². The fraction of sp³-hybridized carbons (Fsp3) is 0. The maximum absolute atomic E-state index is 4.66. The second-order valence-electron chi connectivity index (χ2n) is 0.356. The Morgan fingerprint density at radius 1 is 1.67 bits per heavy atom. The van der Waals surface area contributed by atoms with Crippen LogP contribution in [0.1, 0.15) is 0 Å². The van der Waals surface area contributed by atoms with Gasteiger partial charge in [0.2, 0.25) is 0 Å². The highest BCUT2D eigenvalue weighted by Gasteiger charge is 1.49. The molecule has 6 heavy (non-hydrogen) atoms. The standard InChI is InChI=1S/CClN3S/c2-4-5-3-1-6. The molecule has 32 valence electrons. The SMILES string of the molecule is S=C=NN=NCl. The van der Waals surface area contributed by atoms with Gasteiger partial charge in [-0.1, -0.05) is 9.73 Å². The van der Waals surface area contributed by atoms with Crippen molar-refractivity contribution in [3.05, 3.63) is 0 Å². The van der Waals surface area contributed by atoms with E-state index < -0.39 is 0 Å². The lowest BCUT2D eigenvalue weighted by Gasteiger charge is -1.53. The molecule has 0 atom stereocenters. The molecule has 0 N–H and O–H groups in total. The minimum absolute atomic E-state index is 1.93. The molecular formula is CClN3S. The number of hydrogen-bond donors (Lipinski definition) is 0. The van der Waals surface area contributed by atoms with Gasteiger partial charge in [-0.25, -0.2) is 0 Å². The molecule has 0 aliphatic rings. The van der Waals surface area contributed by atoms with Crippen LogP contribution >= 0.6 is 24.0 Å². The van der Waals surface area contributed by atoms with E-state index in [1.807, 2.05) is 5.16 Å². The van der Waals surface area contributed by atoms with Crippen LogP contribution < -0.4 is 0 Å². The zero-order valence-corrected chi connectivity index (χ0v) is 4.20. The first kappa shape index (κ1) is 5.69. The van der Waals surface area contributed by atoms with Crippen molar-refractivity contribution in [3.8, 4) is 0 Å². The van der Waals surface area contributed by atoms with Gasteiger partial charge in [0.15, 0.2) is 0 Å². The molecular weight excluding hydrogens is 122 g/mol. The molecule has 0 aromatic heterocycles. The van der Waals surface area contributed by atoms with E-state index in [1.165, 1.54) is 0 Å². The number of rotatable bonds is 1. The van der Waals surface area contributed by atoms with Crippen molar-refractivity contribution in [1.29, 1.82) is 0 Å². The monoisotopic (exact) mass is 121 g/mol. The lowest BCUT2D eigenvalue weighted by Crippen LogP contribution is -1.36. The molecule has 0 aliphatic heterocycles. The fourth-order valence-corrected chi connectivity index (χ4v) is 0.105. The smallest absolute Gasteiger partial charge is 0.0723 e. The number of isothiocyanates is 1. The summed E-state index contributed by atoms with van der Waals surface area (Å²) in [6, 6.07) is 0. The van der Waals surface area contributed by atoms with Crippen LogP contribution in [0.2, 0.25) is 0 Å². The first-order valence-electron chi connectivity index (χ1n) is 0.997. The maximum Gasteiger partial charge on any atom is 0.0890 e. The molecule has 0 aliphatic carbocycles. The van der Waals surface area contributed by atoms with E-state index in [4.69, 9.17) is 0 Å². The quantitative estimate of drug-likeness (QED) is 0.225. The van der Waals surface area contributed by atoms with E-state index in [0.29, 0.717) is 0 Å². The highest BCUT2D eigenvalue weighted by molar-refractivity contribution is 7.78. The normalized spacial score (nSPS) is 8.17. The third-order valence-corrected chi connectivity index (χ3v) is 0.269. The Morgan fingerprint density at radius 3 is 2.50 bits per heavy atom. The average Bonchev–Trinajstić information content (AvgIpc) is 1.61. The predicted molar refractivity (Wildman–Crippen MR) is 25.7 cm³/mol. The molecule has 0 saturated heterocycles. The molecule has 5 heteroatoms. The summed E-state index contributed by atoms with van der Waals surface area (Å²) < 4.78 is 2.73. The number of nitrogens with zero attached hydrogens (tertiary/aromatic N) is 3. The van der Waals surface area contributed by atoms with Crippen molar-refractivity contribution >= 4 is 29.2 Å². The molecule has 0 saturated carbocycles. The minimum Gasteiger partial charge on any atom is -0.0723 e. The van der Waals surface area contributed by atoms with E-state index in [-0.39, 0.29) is 0 Å². The first-order chi connectivity index (χ1) is 2.91. The Bertz CT molecular complexity index is 93.0. The number of thiocarbonyl (C=S) groups is 1. The largest absolute Gasteiger partial charge is 0.0890 e. The molecule has 0 aromatic rings. The van der Waals surface area contributed by atoms with Gasteiger partial charge in [-0.3, -0.25) is 0 Å². The Morgan fingerprint density at radius 2 is 2.33 bits per heavy atom. The summed E-state index contributed by atoms with van der Waals surface area (Å²) in [5.74, 6) is 0. The van der Waals surface area contributed by atoms with Gasteiger partial charge < -0.3 is 0 Å². The highest BCUT2D eigenvalue weighted by Crippen LogP contribution is 1.76. The summed E-state index contributed by atoms with van der Waals surface area (Å²) in [7, 11) is 0. The van der Waals surface area contributed by atoms with Crippen LogP contribution in [0.15, 0.2) is 15.0 Å². The number of hydrogen-bond acceptors (Lipinski definition) is 3. The van der Waals surface area contributed by atoms with Crippen LogP contribution in [0.4, 0.5) is 0 Å². The summed E-state index contributed by atoms with van der Waals surface area (Å²) in [5.41, 5.74) is 0. The van der Waals surface area contributed by atoms with Crippen LogP contribution in [-0.2, 0) is 0 Å². The van der Waals surface area contributed by atoms with Crippen molar-refractivity contribution in [3.63, 3.8) is 0 Å². The first-order valence-corrected chi connectivity index (χ1v) is 1.74. The van der Waals surface area contributed by atoms with Crippen molar-refractivity contribution in [2.24, 2.45) is 15.0 Å². The maximum atomic E-state index is 4.66. The highest BCUT2D eigenvalue weighted by atomic mass is 35.5. The van der Waals surface area contributed by atoms with Gasteiger partial charge in [-0.15, -0.1) is 0 Å². The van der Waals surface area contributed by atoms with Crippen LogP contribution in [0.3, 0.4) is 0 Å². The summed E-state index contributed by atoms with van der Waals surface area (Å²) in [4.78, 5) is 0. The zero-order chi connectivity index (χ0) is 4.83. The van der Waals surface area contributed by atoms with Gasteiger partial charge in [0, 0.05) is 0 Å². The van der Waals surface area contributed by atoms with Crippen LogP contribution in [-0.4, -0.2) is 5.16 Å². The second-order valence-corrected chi connectivity index (χ2v) is 0.690. The fourth-order valence-electron chi connectivity index (χ4n) is 0.0352. The van der Waals surface area contributed by atoms with E-state index in [1.54, 1.807) is 0 Å².